The van der Waals surface area contributed by atoms with E-state index in [9.17, 15) is 9.59 Å². The van der Waals surface area contributed by atoms with Gasteiger partial charge in [-0.15, -0.1) is 0 Å². The summed E-state index contributed by atoms with van der Waals surface area (Å²) in [6.07, 6.45) is 0.510. The molecule has 1 aromatic heterocycles. The smallest absolute Gasteiger partial charge is 0.286 e. The monoisotopic (exact) mass is 397 g/mol. The number of benzene rings is 2. The Morgan fingerprint density at radius 2 is 1.86 bits per heavy atom. The summed E-state index contributed by atoms with van der Waals surface area (Å²) in [7, 11) is 1.67. The van der Waals surface area contributed by atoms with Crippen LogP contribution >= 0.6 is 11.8 Å². The van der Waals surface area contributed by atoms with Crippen LogP contribution in [-0.2, 0) is 29.2 Å². The highest BCUT2D eigenvalue weighted by Gasteiger charge is 2.31. The summed E-state index contributed by atoms with van der Waals surface area (Å²) in [6.45, 7) is 0.880. The van der Waals surface area contributed by atoms with Crippen LogP contribution in [0.2, 0.25) is 0 Å². The molecule has 0 aliphatic carbocycles. The van der Waals surface area contributed by atoms with Crippen LogP contribution in [0.4, 0.5) is 4.79 Å². The van der Waals surface area contributed by atoms with Gasteiger partial charge >= 0.3 is 0 Å². The first kappa shape index (κ1) is 18.5. The van der Waals surface area contributed by atoms with Crippen molar-refractivity contribution >= 4 is 33.9 Å². The number of ether oxygens (including phenoxy) is 2. The Morgan fingerprint density at radius 1 is 1.07 bits per heavy atom. The normalized spacial score (nSPS) is 16.5. The zero-order valence-electron chi connectivity index (χ0n) is 15.2. The van der Waals surface area contributed by atoms with Gasteiger partial charge in [-0.1, -0.05) is 30.0 Å². The first-order chi connectivity index (χ1) is 13.6. The Bertz CT molecular complexity index is 1020. The summed E-state index contributed by atoms with van der Waals surface area (Å²) in [5.74, 6) is 1.23. The number of hydrogen-bond acceptors (Lipinski definition) is 6. The van der Waals surface area contributed by atoms with Crippen LogP contribution in [0.15, 0.2) is 42.5 Å². The fourth-order valence-electron chi connectivity index (χ4n) is 3.05. The molecular formula is C20H19N3O4S. The van der Waals surface area contributed by atoms with Gasteiger partial charge in [-0.05, 0) is 41.8 Å². The molecule has 3 aromatic rings. The van der Waals surface area contributed by atoms with Crippen molar-refractivity contribution in [2.75, 3.05) is 7.11 Å². The molecule has 0 bridgehead atoms. The fraction of sp³-hybridized carbons (Fsp3) is 0.250. The van der Waals surface area contributed by atoms with Gasteiger partial charge in [0.05, 0.1) is 22.9 Å². The molecule has 1 atom stereocenters. The highest BCUT2D eigenvalue weighted by atomic mass is 32.2. The Balaban J connectivity index is 1.36. The number of rotatable bonds is 7. The molecular weight excluding hydrogens is 378 g/mol. The Morgan fingerprint density at radius 3 is 2.57 bits per heavy atom. The number of fused-ring (bicyclic) bond motifs is 1. The van der Waals surface area contributed by atoms with E-state index in [1.807, 2.05) is 42.5 Å². The molecule has 4 rings (SSSR count). The van der Waals surface area contributed by atoms with Gasteiger partial charge in [-0.2, -0.15) is 0 Å². The third kappa shape index (κ3) is 4.18. The Hall–Kier alpha value is -2.84. The molecule has 2 heterocycles. The van der Waals surface area contributed by atoms with Crippen LogP contribution in [-0.4, -0.2) is 33.5 Å². The number of nitrogens with zero attached hydrogens (tertiary/aromatic N) is 1. The number of methoxy groups -OCH3 is 1. The summed E-state index contributed by atoms with van der Waals surface area (Å²) in [4.78, 5) is 30.7. The standard InChI is InChI=1S/C20H19N3O4S/c1-26-10-13-4-7-15-16(8-13)22-18(21-15)11-27-14-5-2-12(3-6-14)9-17-19(24)23-20(25)28-17/h2-8,17H,9-11H2,1H3,(H,21,22)(H,23,24,25). The van der Waals surface area contributed by atoms with Gasteiger partial charge in [0, 0.05) is 7.11 Å². The molecule has 8 heteroatoms. The lowest BCUT2D eigenvalue weighted by atomic mass is 10.1. The zero-order valence-corrected chi connectivity index (χ0v) is 16.0. The van der Waals surface area contributed by atoms with Gasteiger partial charge in [0.1, 0.15) is 18.2 Å². The predicted molar refractivity (Wildman–Crippen MR) is 106 cm³/mol. The summed E-state index contributed by atoms with van der Waals surface area (Å²) in [6, 6.07) is 13.5. The number of imide groups is 1. The minimum absolute atomic E-state index is 0.228. The molecule has 1 aliphatic heterocycles. The number of thioether (sulfide) groups is 1. The van der Waals surface area contributed by atoms with Crippen molar-refractivity contribution in [3.8, 4) is 5.75 Å². The average Bonchev–Trinajstić information content (AvgIpc) is 3.23. The Labute approximate surface area is 165 Å². The lowest BCUT2D eigenvalue weighted by molar-refractivity contribution is -0.118. The second-order valence-electron chi connectivity index (χ2n) is 6.49. The van der Waals surface area contributed by atoms with Crippen LogP contribution in [0.5, 0.6) is 5.75 Å². The third-order valence-electron chi connectivity index (χ3n) is 4.39. The van der Waals surface area contributed by atoms with Gasteiger partial charge in [0.15, 0.2) is 0 Å². The number of carbonyl (C=O) groups excluding carboxylic acids is 2. The molecule has 0 saturated carbocycles. The number of amides is 2. The summed E-state index contributed by atoms with van der Waals surface area (Å²) in [5.41, 5.74) is 3.89. The first-order valence-electron chi connectivity index (χ1n) is 8.80. The maximum absolute atomic E-state index is 11.7. The van der Waals surface area contributed by atoms with Crippen LogP contribution in [0.3, 0.4) is 0 Å². The van der Waals surface area contributed by atoms with Gasteiger partial charge in [0.2, 0.25) is 5.91 Å². The second kappa shape index (κ2) is 8.04. The predicted octanol–water partition coefficient (Wildman–Crippen LogP) is 3.18. The lowest BCUT2D eigenvalue weighted by Crippen LogP contribution is -2.25. The number of nitrogens with one attached hydrogen (secondary N) is 2. The lowest BCUT2D eigenvalue weighted by Gasteiger charge is -2.07. The molecule has 7 nitrogen and oxygen atoms in total. The minimum Gasteiger partial charge on any atom is -0.486 e. The van der Waals surface area contributed by atoms with E-state index in [1.165, 1.54) is 0 Å². The fourth-order valence-corrected chi connectivity index (χ4v) is 3.91. The van der Waals surface area contributed by atoms with Gasteiger partial charge < -0.3 is 14.5 Å². The molecule has 1 unspecified atom stereocenters. The molecule has 144 valence electrons. The molecule has 1 aliphatic rings. The SMILES string of the molecule is COCc1ccc2nc(COc3ccc(CC4SC(=O)NC4=O)cc3)[nH]c2c1. The largest absolute Gasteiger partial charge is 0.486 e. The Kier molecular flexibility index (Phi) is 5.31. The first-order valence-corrected chi connectivity index (χ1v) is 9.68. The quantitative estimate of drug-likeness (QED) is 0.636. The van der Waals surface area contributed by atoms with E-state index in [0.717, 1.165) is 39.7 Å². The maximum Gasteiger partial charge on any atom is 0.286 e. The van der Waals surface area contributed by atoms with Gasteiger partial charge in [-0.3, -0.25) is 14.9 Å². The average molecular weight is 397 g/mol. The van der Waals surface area contributed by atoms with Crippen molar-refractivity contribution < 1.29 is 19.1 Å². The van der Waals surface area contributed by atoms with Crippen molar-refractivity contribution in [1.82, 2.24) is 15.3 Å². The van der Waals surface area contributed by atoms with E-state index in [1.54, 1.807) is 7.11 Å². The van der Waals surface area contributed by atoms with Crippen LogP contribution in [0.25, 0.3) is 11.0 Å². The summed E-state index contributed by atoms with van der Waals surface area (Å²) >= 11 is 1.04. The molecule has 2 aromatic carbocycles. The van der Waals surface area contributed by atoms with Gasteiger partial charge in [0.25, 0.3) is 5.24 Å². The van der Waals surface area contributed by atoms with Crippen molar-refractivity contribution in [3.05, 3.63) is 59.4 Å². The van der Waals surface area contributed by atoms with E-state index >= 15 is 0 Å². The van der Waals surface area contributed by atoms with Crippen LogP contribution in [0.1, 0.15) is 17.0 Å². The number of imidazole rings is 1. The van der Waals surface area contributed by atoms with Crippen LogP contribution in [0, 0.1) is 0 Å². The third-order valence-corrected chi connectivity index (χ3v) is 5.37. The second-order valence-corrected chi connectivity index (χ2v) is 7.66. The van der Waals surface area contributed by atoms with Crippen molar-refractivity contribution in [1.29, 1.82) is 0 Å². The van der Waals surface area contributed by atoms with Crippen LogP contribution < -0.4 is 10.1 Å². The highest BCUT2D eigenvalue weighted by Crippen LogP contribution is 2.24. The number of H-pyrrole nitrogens is 1. The molecule has 2 N–H and O–H groups in total. The number of aromatic amines is 1. The van der Waals surface area contributed by atoms with Gasteiger partial charge in [-0.25, -0.2) is 4.98 Å². The minimum atomic E-state index is -0.363. The van der Waals surface area contributed by atoms with E-state index < -0.39 is 0 Å². The van der Waals surface area contributed by atoms with E-state index in [0.29, 0.717) is 25.4 Å². The highest BCUT2D eigenvalue weighted by molar-refractivity contribution is 8.15. The molecule has 1 saturated heterocycles. The van der Waals surface area contributed by atoms with Crippen molar-refractivity contribution in [2.45, 2.75) is 24.9 Å². The van der Waals surface area contributed by atoms with Crippen molar-refractivity contribution in [3.63, 3.8) is 0 Å². The zero-order chi connectivity index (χ0) is 19.5. The summed E-state index contributed by atoms with van der Waals surface area (Å²) < 4.78 is 11.0. The number of carbonyl (C=O) groups is 2. The number of aromatic nitrogens is 2. The van der Waals surface area contributed by atoms with E-state index in [4.69, 9.17) is 9.47 Å². The maximum atomic E-state index is 11.7. The molecule has 2 amide bonds. The number of hydrogen-bond donors (Lipinski definition) is 2. The van der Waals surface area contributed by atoms with E-state index in [2.05, 4.69) is 15.3 Å². The molecule has 0 radical (unpaired) electrons. The summed E-state index contributed by atoms with van der Waals surface area (Å²) in [5, 5.41) is 1.66. The molecule has 0 spiro atoms. The van der Waals surface area contributed by atoms with E-state index in [-0.39, 0.29) is 16.4 Å². The topological polar surface area (TPSA) is 93.3 Å². The molecule has 28 heavy (non-hydrogen) atoms. The molecule has 1 fully saturated rings. The van der Waals surface area contributed by atoms with Crippen molar-refractivity contribution in [2.24, 2.45) is 0 Å².